The van der Waals surface area contributed by atoms with E-state index >= 15 is 0 Å². The number of fused-ring (bicyclic) bond motifs is 1. The molecule has 0 saturated carbocycles. The second-order valence-electron chi connectivity index (χ2n) is 8.17. The van der Waals surface area contributed by atoms with Gasteiger partial charge in [-0.25, -0.2) is 9.97 Å². The average molecular weight is 453 g/mol. The van der Waals surface area contributed by atoms with Gasteiger partial charge >= 0.3 is 0 Å². The Hall–Kier alpha value is -1.87. The van der Waals surface area contributed by atoms with Crippen molar-refractivity contribution < 1.29 is 18.6 Å². The Kier molecular flexibility index (Phi) is 6.71. The topological polar surface area (TPSA) is 70.5 Å². The van der Waals surface area contributed by atoms with Crippen LogP contribution in [0.5, 0.6) is 0 Å². The number of aliphatic hydroxyl groups is 1. The van der Waals surface area contributed by atoms with Crippen LogP contribution in [0.1, 0.15) is 41.8 Å². The number of hydrogen-bond acceptors (Lipinski definition) is 6. The van der Waals surface area contributed by atoms with Crippen LogP contribution in [0.15, 0.2) is 24.3 Å². The minimum atomic E-state index is -3.28. The predicted molar refractivity (Wildman–Crippen MR) is 115 cm³/mol. The molecule has 0 radical (unpaired) electrons. The number of benzene rings is 1. The highest BCUT2D eigenvalue weighted by molar-refractivity contribution is 6.28. The minimum Gasteiger partial charge on any atom is -0.390 e. The smallest absolute Gasteiger partial charge is 0.295 e. The first-order chi connectivity index (χ1) is 14.9. The van der Waals surface area contributed by atoms with Gasteiger partial charge in [0, 0.05) is 36.3 Å². The molecule has 0 bridgehead atoms. The molecular formula is C22H27ClF2N4O2. The molecule has 2 atom stereocenters. The van der Waals surface area contributed by atoms with Gasteiger partial charge in [0.15, 0.2) is 0 Å². The number of alkyl halides is 2. The van der Waals surface area contributed by atoms with Gasteiger partial charge in [0.05, 0.1) is 18.9 Å². The fourth-order valence-corrected chi connectivity index (χ4v) is 4.54. The summed E-state index contributed by atoms with van der Waals surface area (Å²) < 4.78 is 33.3. The summed E-state index contributed by atoms with van der Waals surface area (Å²) in [5, 5.41) is 12.5. The van der Waals surface area contributed by atoms with Crippen molar-refractivity contribution in [3.05, 3.63) is 51.9 Å². The number of aromatic nitrogens is 2. The van der Waals surface area contributed by atoms with Crippen molar-refractivity contribution in [1.29, 1.82) is 0 Å². The van der Waals surface area contributed by atoms with Crippen LogP contribution in [0.25, 0.3) is 0 Å². The van der Waals surface area contributed by atoms with Gasteiger partial charge in [-0.2, -0.15) is 8.78 Å². The van der Waals surface area contributed by atoms with E-state index in [1.807, 2.05) is 6.92 Å². The summed E-state index contributed by atoms with van der Waals surface area (Å²) in [7, 11) is 0. The fourth-order valence-electron chi connectivity index (χ4n) is 4.35. The Bertz CT molecular complexity index is 924. The molecule has 1 aromatic heterocycles. The third-order valence-corrected chi connectivity index (χ3v) is 6.31. The summed E-state index contributed by atoms with van der Waals surface area (Å²) in [6.45, 7) is 3.99. The van der Waals surface area contributed by atoms with E-state index in [2.05, 4.69) is 20.2 Å². The predicted octanol–water partition coefficient (Wildman–Crippen LogP) is 3.58. The van der Waals surface area contributed by atoms with Crippen LogP contribution in [0, 0.1) is 0 Å². The zero-order valence-corrected chi connectivity index (χ0v) is 18.2. The summed E-state index contributed by atoms with van der Waals surface area (Å²) in [4.78, 5) is 11.3. The van der Waals surface area contributed by atoms with E-state index in [1.165, 1.54) is 12.1 Å². The van der Waals surface area contributed by atoms with Crippen LogP contribution >= 0.6 is 11.6 Å². The first kappa shape index (κ1) is 22.3. The molecule has 0 spiro atoms. The molecule has 0 amide bonds. The van der Waals surface area contributed by atoms with Crippen LogP contribution in [0.2, 0.25) is 5.28 Å². The van der Waals surface area contributed by atoms with Crippen LogP contribution in [0.3, 0.4) is 0 Å². The Morgan fingerprint density at radius 3 is 2.84 bits per heavy atom. The van der Waals surface area contributed by atoms with Crippen LogP contribution in [-0.2, 0) is 23.5 Å². The van der Waals surface area contributed by atoms with Crippen molar-refractivity contribution >= 4 is 17.4 Å². The van der Waals surface area contributed by atoms with Crippen molar-refractivity contribution in [1.82, 2.24) is 14.9 Å². The van der Waals surface area contributed by atoms with Gasteiger partial charge in [-0.3, -0.25) is 4.90 Å². The highest BCUT2D eigenvalue weighted by Gasteiger charge is 2.32. The van der Waals surface area contributed by atoms with Gasteiger partial charge in [0.2, 0.25) is 5.28 Å². The van der Waals surface area contributed by atoms with Gasteiger partial charge in [-0.15, -0.1) is 0 Å². The second kappa shape index (κ2) is 9.32. The van der Waals surface area contributed by atoms with E-state index in [4.69, 9.17) is 21.4 Å². The normalized spacial score (nSPS) is 20.9. The van der Waals surface area contributed by atoms with Gasteiger partial charge in [0.1, 0.15) is 12.4 Å². The lowest BCUT2D eigenvalue weighted by Gasteiger charge is -2.37. The van der Waals surface area contributed by atoms with Gasteiger partial charge < -0.3 is 15.2 Å². The lowest BCUT2D eigenvalue weighted by atomic mass is 9.90. The number of rotatable bonds is 6. The maximum absolute atomic E-state index is 13.9. The lowest BCUT2D eigenvalue weighted by molar-refractivity contribution is -0.0556. The maximum Gasteiger partial charge on any atom is 0.295 e. The zero-order valence-electron chi connectivity index (χ0n) is 17.5. The van der Waals surface area contributed by atoms with E-state index < -0.39 is 12.5 Å². The van der Waals surface area contributed by atoms with E-state index in [9.17, 15) is 8.78 Å². The number of ether oxygens (including phenoxy) is 1. The molecular weight excluding hydrogens is 426 g/mol. The number of aryl methyl sites for hydroxylation is 1. The highest BCUT2D eigenvalue weighted by atomic mass is 35.5. The number of nitrogens with one attached hydrogen (secondary N) is 1. The zero-order chi connectivity index (χ0) is 22.0. The van der Waals surface area contributed by atoms with Crippen LogP contribution in [0.4, 0.5) is 14.6 Å². The van der Waals surface area contributed by atoms with Crippen molar-refractivity contribution in [2.45, 2.75) is 44.2 Å². The Balaban J connectivity index is 1.57. The van der Waals surface area contributed by atoms with Crippen molar-refractivity contribution in [2.75, 3.05) is 38.2 Å². The first-order valence-electron chi connectivity index (χ1n) is 10.6. The van der Waals surface area contributed by atoms with Crippen LogP contribution < -0.4 is 5.32 Å². The molecule has 1 saturated heterocycles. The van der Waals surface area contributed by atoms with Gasteiger partial charge in [0.25, 0.3) is 5.92 Å². The Morgan fingerprint density at radius 1 is 1.32 bits per heavy atom. The summed E-state index contributed by atoms with van der Waals surface area (Å²) in [5.41, 5.74) is 2.45. The Labute approximate surface area is 185 Å². The van der Waals surface area contributed by atoms with Crippen molar-refractivity contribution in [3.8, 4) is 0 Å². The number of halogens is 3. The lowest BCUT2D eigenvalue weighted by Crippen LogP contribution is -2.46. The molecule has 1 aliphatic heterocycles. The second-order valence-corrected chi connectivity index (χ2v) is 8.50. The first-order valence-corrected chi connectivity index (χ1v) is 11.0. The SMILES string of the molecule is C[C@@H](Nc1nc(Cl)nc2c1C[C@@H](N1CCOCC1)CC2)c1cccc(C(F)(F)CO)c1. The largest absolute Gasteiger partial charge is 0.390 e. The summed E-state index contributed by atoms with van der Waals surface area (Å²) in [5.74, 6) is -2.63. The molecule has 0 unspecified atom stereocenters. The van der Waals surface area contributed by atoms with Crippen molar-refractivity contribution in [2.24, 2.45) is 0 Å². The van der Waals surface area contributed by atoms with Gasteiger partial charge in [-0.1, -0.05) is 18.2 Å². The third kappa shape index (κ3) is 4.98. The highest BCUT2D eigenvalue weighted by Crippen LogP contribution is 2.33. The molecule has 1 aliphatic carbocycles. The molecule has 6 nitrogen and oxygen atoms in total. The Morgan fingerprint density at radius 2 is 2.10 bits per heavy atom. The number of anilines is 1. The number of nitrogens with zero attached hydrogens (tertiary/aromatic N) is 3. The molecule has 1 fully saturated rings. The molecule has 168 valence electrons. The number of hydrogen-bond donors (Lipinski definition) is 2. The maximum atomic E-state index is 13.9. The average Bonchev–Trinajstić information content (AvgIpc) is 2.79. The van der Waals surface area contributed by atoms with E-state index in [0.717, 1.165) is 56.8 Å². The summed E-state index contributed by atoms with van der Waals surface area (Å²) in [6, 6.07) is 6.20. The number of aliphatic hydroxyl groups excluding tert-OH is 1. The molecule has 2 aliphatic rings. The number of morpholine rings is 1. The fraction of sp³-hybridized carbons (Fsp3) is 0.545. The minimum absolute atomic E-state index is 0.179. The monoisotopic (exact) mass is 452 g/mol. The van der Waals surface area contributed by atoms with Crippen molar-refractivity contribution in [3.63, 3.8) is 0 Å². The van der Waals surface area contributed by atoms with E-state index in [1.54, 1.807) is 12.1 Å². The van der Waals surface area contributed by atoms with Crippen LogP contribution in [-0.4, -0.2) is 58.9 Å². The summed E-state index contributed by atoms with van der Waals surface area (Å²) in [6.07, 6.45) is 2.64. The molecule has 31 heavy (non-hydrogen) atoms. The van der Waals surface area contributed by atoms with E-state index in [-0.39, 0.29) is 16.9 Å². The standard InChI is InChI=1S/C22H27ClF2N4O2/c1-14(15-3-2-4-16(11-15)22(24,25)13-30)26-20-18-12-17(29-7-9-31-10-8-29)5-6-19(18)27-21(23)28-20/h2-4,11,14,17,30H,5-10,12-13H2,1H3,(H,26,27,28)/t14-,17+/m1/s1. The summed E-state index contributed by atoms with van der Waals surface area (Å²) >= 11 is 6.18. The third-order valence-electron chi connectivity index (χ3n) is 6.14. The van der Waals surface area contributed by atoms with Gasteiger partial charge in [-0.05, 0) is 49.4 Å². The molecule has 1 aromatic carbocycles. The molecule has 2 heterocycles. The molecule has 2 aromatic rings. The quantitative estimate of drug-likeness (QED) is 0.653. The molecule has 2 N–H and O–H groups in total. The molecule has 9 heteroatoms. The molecule has 4 rings (SSSR count). The van der Waals surface area contributed by atoms with E-state index in [0.29, 0.717) is 17.4 Å².